The van der Waals surface area contributed by atoms with Crippen molar-refractivity contribution in [3.05, 3.63) is 94.1 Å². The van der Waals surface area contributed by atoms with Gasteiger partial charge in [-0.1, -0.05) is 12.1 Å². The number of methoxy groups -OCH3 is 2. The Hall–Kier alpha value is -4.83. The van der Waals surface area contributed by atoms with Crippen molar-refractivity contribution in [2.24, 2.45) is 0 Å². The average Bonchev–Trinajstić information content (AvgIpc) is 3.73. The summed E-state index contributed by atoms with van der Waals surface area (Å²) in [6.45, 7) is 5.38. The van der Waals surface area contributed by atoms with Gasteiger partial charge in [0.05, 0.1) is 61.6 Å². The molecule has 11 nitrogen and oxygen atoms in total. The van der Waals surface area contributed by atoms with Gasteiger partial charge >= 0.3 is 5.97 Å². The van der Waals surface area contributed by atoms with E-state index in [2.05, 4.69) is 19.4 Å². The molecule has 0 atom stereocenters. The van der Waals surface area contributed by atoms with E-state index < -0.39 is 11.4 Å². The summed E-state index contributed by atoms with van der Waals surface area (Å²) in [7, 11) is 3.08. The lowest BCUT2D eigenvalue weighted by atomic mass is 10.0. The number of anilines is 1. The number of carbonyl (C=O) groups excluding carboxylic acids is 1. The summed E-state index contributed by atoms with van der Waals surface area (Å²) < 4.78 is 38.6. The molecule has 2 aromatic heterocycles. The molecule has 0 unspecified atom stereocenters. The molecule has 12 heteroatoms. The maximum absolute atomic E-state index is 14.3. The standard InChI is InChI=1S/C34H33FN6O5/c1-43-33(42)23-8-9-28-29(11-23)41(19-34(44-2)20-45-21-34)31(37-28)17-39-13-25-15-40(16-26(25)14-39)30-4-3-5-32(38-30)46-18-24-7-6-22(12-36)10-27(24)35/h3-11H,13-21H2,1-2H3. The van der Waals surface area contributed by atoms with Crippen molar-refractivity contribution in [2.75, 3.05) is 58.5 Å². The average molecular weight is 625 g/mol. The first-order valence-corrected chi connectivity index (χ1v) is 15.0. The molecular weight excluding hydrogens is 591 g/mol. The van der Waals surface area contributed by atoms with Crippen LogP contribution in [0.2, 0.25) is 0 Å². The summed E-state index contributed by atoms with van der Waals surface area (Å²) >= 11 is 0. The molecule has 0 radical (unpaired) electrons. The minimum Gasteiger partial charge on any atom is -0.473 e. The number of hydrogen-bond acceptors (Lipinski definition) is 10. The van der Waals surface area contributed by atoms with Crippen LogP contribution < -0.4 is 9.64 Å². The minimum absolute atomic E-state index is 0.0189. The molecule has 3 aliphatic heterocycles. The molecule has 7 rings (SSSR count). The molecular formula is C34H33FN6O5. The van der Waals surface area contributed by atoms with E-state index in [9.17, 15) is 9.18 Å². The lowest BCUT2D eigenvalue weighted by molar-refractivity contribution is -0.202. The van der Waals surface area contributed by atoms with Crippen molar-refractivity contribution in [3.63, 3.8) is 0 Å². The molecule has 236 valence electrons. The van der Waals surface area contributed by atoms with Gasteiger partial charge in [-0.15, -0.1) is 0 Å². The number of ether oxygens (including phenoxy) is 4. The highest BCUT2D eigenvalue weighted by Crippen LogP contribution is 2.32. The number of nitrogens with zero attached hydrogens (tertiary/aromatic N) is 6. The Morgan fingerprint density at radius 2 is 1.85 bits per heavy atom. The predicted molar refractivity (Wildman–Crippen MR) is 166 cm³/mol. The number of esters is 1. The number of rotatable bonds is 10. The highest BCUT2D eigenvalue weighted by molar-refractivity contribution is 5.93. The van der Waals surface area contributed by atoms with Crippen molar-refractivity contribution in [3.8, 4) is 11.9 Å². The minimum atomic E-state index is -0.475. The molecule has 0 aliphatic carbocycles. The predicted octanol–water partition coefficient (Wildman–Crippen LogP) is 3.86. The quantitative estimate of drug-likeness (QED) is 0.190. The molecule has 3 aliphatic rings. The van der Waals surface area contributed by atoms with E-state index in [1.54, 1.807) is 31.4 Å². The van der Waals surface area contributed by atoms with Crippen molar-refractivity contribution >= 4 is 22.8 Å². The van der Waals surface area contributed by atoms with E-state index in [-0.39, 0.29) is 18.1 Å². The number of carbonyl (C=O) groups is 1. The largest absolute Gasteiger partial charge is 0.473 e. The Morgan fingerprint density at radius 1 is 1.04 bits per heavy atom. The maximum atomic E-state index is 14.3. The van der Waals surface area contributed by atoms with E-state index in [0.717, 1.165) is 48.9 Å². The van der Waals surface area contributed by atoms with Crippen molar-refractivity contribution in [1.29, 1.82) is 5.26 Å². The highest BCUT2D eigenvalue weighted by atomic mass is 19.1. The number of nitriles is 1. The first-order chi connectivity index (χ1) is 22.4. The molecule has 46 heavy (non-hydrogen) atoms. The number of aromatic nitrogens is 3. The Labute approximate surface area is 265 Å². The number of hydrogen-bond donors (Lipinski definition) is 0. The van der Waals surface area contributed by atoms with Crippen molar-refractivity contribution in [1.82, 2.24) is 19.4 Å². The van der Waals surface area contributed by atoms with Gasteiger partial charge in [0.2, 0.25) is 5.88 Å². The molecule has 0 saturated carbocycles. The van der Waals surface area contributed by atoms with Gasteiger partial charge in [-0.3, -0.25) is 4.90 Å². The Kier molecular flexibility index (Phi) is 7.90. The smallest absolute Gasteiger partial charge is 0.337 e. The molecule has 2 aromatic carbocycles. The summed E-state index contributed by atoms with van der Waals surface area (Å²) in [5.74, 6) is 1.26. The van der Waals surface area contributed by atoms with E-state index in [4.69, 9.17) is 29.2 Å². The fourth-order valence-corrected chi connectivity index (χ4v) is 6.29. The second kappa shape index (κ2) is 12.2. The summed E-state index contributed by atoms with van der Waals surface area (Å²) in [5.41, 5.74) is 5.09. The molecule has 5 heterocycles. The third-order valence-electron chi connectivity index (χ3n) is 8.91. The summed E-state index contributed by atoms with van der Waals surface area (Å²) in [4.78, 5) is 26.6. The highest BCUT2D eigenvalue weighted by Gasteiger charge is 2.40. The molecule has 0 N–H and O–H groups in total. The molecule has 0 bridgehead atoms. The summed E-state index contributed by atoms with van der Waals surface area (Å²) in [6, 6.07) is 17.3. The summed E-state index contributed by atoms with van der Waals surface area (Å²) in [5, 5.41) is 8.97. The normalized spacial score (nSPS) is 17.2. The zero-order valence-electron chi connectivity index (χ0n) is 25.7. The second-order valence-electron chi connectivity index (χ2n) is 11.9. The molecule has 4 aromatic rings. The first kappa shape index (κ1) is 29.9. The lowest BCUT2D eigenvalue weighted by Gasteiger charge is -2.40. The van der Waals surface area contributed by atoms with Crippen LogP contribution >= 0.6 is 0 Å². The van der Waals surface area contributed by atoms with E-state index in [1.165, 1.54) is 24.3 Å². The van der Waals surface area contributed by atoms with Crippen LogP contribution in [0.4, 0.5) is 10.2 Å². The van der Waals surface area contributed by atoms with Gasteiger partial charge in [0.15, 0.2) is 0 Å². The maximum Gasteiger partial charge on any atom is 0.337 e. The van der Waals surface area contributed by atoms with Crippen LogP contribution in [0.25, 0.3) is 11.0 Å². The van der Waals surface area contributed by atoms with E-state index in [0.29, 0.717) is 43.3 Å². The van der Waals surface area contributed by atoms with Gasteiger partial charge in [-0.2, -0.15) is 10.2 Å². The van der Waals surface area contributed by atoms with Crippen LogP contribution in [-0.4, -0.2) is 84.6 Å². The molecule has 0 amide bonds. The van der Waals surface area contributed by atoms with Crippen molar-refractivity contribution < 1.29 is 28.1 Å². The van der Waals surface area contributed by atoms with Crippen LogP contribution in [0.5, 0.6) is 5.88 Å². The van der Waals surface area contributed by atoms with Crippen LogP contribution in [0.1, 0.15) is 27.3 Å². The molecule has 0 spiro atoms. The van der Waals surface area contributed by atoms with E-state index in [1.807, 2.05) is 30.3 Å². The SMILES string of the molecule is COC(=O)c1ccc2nc(CN3CC4=C(C3)CN(c3cccc(OCc5ccc(C#N)cc5F)n3)C4)n(CC3(OC)COC3)c2c1. The van der Waals surface area contributed by atoms with Gasteiger partial charge in [0.1, 0.15) is 29.7 Å². The zero-order valence-corrected chi connectivity index (χ0v) is 25.7. The van der Waals surface area contributed by atoms with Gasteiger partial charge in [-0.25, -0.2) is 14.2 Å². The molecule has 1 saturated heterocycles. The zero-order chi connectivity index (χ0) is 31.8. The van der Waals surface area contributed by atoms with Gasteiger partial charge < -0.3 is 28.4 Å². The summed E-state index contributed by atoms with van der Waals surface area (Å²) in [6.07, 6.45) is 0. The number of benzene rings is 2. The monoisotopic (exact) mass is 624 g/mol. The third kappa shape index (κ3) is 5.69. The second-order valence-corrected chi connectivity index (χ2v) is 11.9. The number of imidazole rings is 1. The number of pyridine rings is 1. The Morgan fingerprint density at radius 3 is 2.52 bits per heavy atom. The van der Waals surface area contributed by atoms with Gasteiger partial charge in [0.25, 0.3) is 0 Å². The van der Waals surface area contributed by atoms with Crippen LogP contribution in [0.3, 0.4) is 0 Å². The number of fused-ring (bicyclic) bond motifs is 1. The fraction of sp³-hybridized carbons (Fsp3) is 0.353. The fourth-order valence-electron chi connectivity index (χ4n) is 6.29. The lowest BCUT2D eigenvalue weighted by Crippen LogP contribution is -2.54. The topological polar surface area (TPSA) is 115 Å². The van der Waals surface area contributed by atoms with Gasteiger partial charge in [0, 0.05) is 44.9 Å². The first-order valence-electron chi connectivity index (χ1n) is 15.0. The van der Waals surface area contributed by atoms with Crippen LogP contribution in [0, 0.1) is 17.1 Å². The Bertz CT molecular complexity index is 1870. The number of halogens is 1. The van der Waals surface area contributed by atoms with Crippen molar-refractivity contribution in [2.45, 2.75) is 25.3 Å². The molecule has 1 fully saturated rings. The van der Waals surface area contributed by atoms with Crippen LogP contribution in [0.15, 0.2) is 65.7 Å². The van der Waals surface area contributed by atoms with E-state index >= 15 is 0 Å². The Balaban J connectivity index is 1.02. The van der Waals surface area contributed by atoms with Crippen LogP contribution in [-0.2, 0) is 33.9 Å². The third-order valence-corrected chi connectivity index (χ3v) is 8.91. The van der Waals surface area contributed by atoms with Gasteiger partial charge in [-0.05, 0) is 47.5 Å².